The molecule has 17 heavy (non-hydrogen) atoms. The van der Waals surface area contributed by atoms with Crippen molar-refractivity contribution in [1.29, 1.82) is 0 Å². The van der Waals surface area contributed by atoms with Crippen LogP contribution in [-0.2, 0) is 12.8 Å². The average molecular weight is 233 g/mol. The molecule has 0 aliphatic heterocycles. The molecule has 1 aromatic carbocycles. The number of fused-ring (bicyclic) bond motifs is 1. The largest absolute Gasteiger partial charge is 0.393 e. The van der Waals surface area contributed by atoms with Gasteiger partial charge in [-0.3, -0.25) is 0 Å². The van der Waals surface area contributed by atoms with E-state index in [1.165, 1.54) is 24.0 Å². The third-order valence-electron chi connectivity index (χ3n) is 3.73. The van der Waals surface area contributed by atoms with Crippen LogP contribution in [-0.4, -0.2) is 23.8 Å². The van der Waals surface area contributed by atoms with Gasteiger partial charge in [0.25, 0.3) is 0 Å². The maximum Gasteiger partial charge on any atom is 0.0549 e. The van der Waals surface area contributed by atoms with Crippen LogP contribution in [0.25, 0.3) is 0 Å². The van der Waals surface area contributed by atoms with Crippen molar-refractivity contribution in [2.75, 3.05) is 6.54 Å². The third kappa shape index (κ3) is 3.55. The van der Waals surface area contributed by atoms with Crippen LogP contribution >= 0.6 is 0 Å². The first-order chi connectivity index (χ1) is 8.29. The summed E-state index contributed by atoms with van der Waals surface area (Å²) in [6.45, 7) is 2.96. The third-order valence-corrected chi connectivity index (χ3v) is 3.73. The number of nitrogens with one attached hydrogen (secondary N) is 1. The minimum absolute atomic E-state index is 0.140. The van der Waals surface area contributed by atoms with Gasteiger partial charge in [-0.15, -0.1) is 0 Å². The van der Waals surface area contributed by atoms with Crippen molar-refractivity contribution >= 4 is 0 Å². The van der Waals surface area contributed by atoms with Crippen LogP contribution in [0, 0.1) is 0 Å². The van der Waals surface area contributed by atoms with E-state index in [4.69, 9.17) is 0 Å². The second-order valence-electron chi connectivity index (χ2n) is 5.01. The van der Waals surface area contributed by atoms with Gasteiger partial charge in [-0.25, -0.2) is 0 Å². The van der Waals surface area contributed by atoms with Gasteiger partial charge in [0.2, 0.25) is 0 Å². The van der Waals surface area contributed by atoms with E-state index in [-0.39, 0.29) is 6.10 Å². The molecule has 0 heterocycles. The fourth-order valence-corrected chi connectivity index (χ4v) is 2.53. The predicted octanol–water partition coefficient (Wildman–Crippen LogP) is 2.29. The van der Waals surface area contributed by atoms with Crippen LogP contribution in [0.3, 0.4) is 0 Å². The Morgan fingerprint density at radius 2 is 2.12 bits per heavy atom. The van der Waals surface area contributed by atoms with Crippen LogP contribution < -0.4 is 5.32 Å². The zero-order chi connectivity index (χ0) is 12.1. The molecule has 0 saturated carbocycles. The first-order valence-corrected chi connectivity index (χ1v) is 6.77. The number of hydrogen-bond acceptors (Lipinski definition) is 2. The van der Waals surface area contributed by atoms with Crippen molar-refractivity contribution < 1.29 is 5.11 Å². The van der Waals surface area contributed by atoms with Crippen molar-refractivity contribution in [2.45, 2.75) is 51.2 Å². The molecule has 1 aliphatic rings. The molecule has 0 radical (unpaired) electrons. The molecule has 2 nitrogen and oxygen atoms in total. The van der Waals surface area contributed by atoms with Gasteiger partial charge in [0, 0.05) is 6.04 Å². The number of rotatable bonds is 5. The SMILES string of the molecule is CCC(O)CCNC1CCc2ccccc2C1. The van der Waals surface area contributed by atoms with Crippen LogP contribution in [0.1, 0.15) is 37.3 Å². The average Bonchev–Trinajstić information content (AvgIpc) is 2.38. The molecular weight excluding hydrogens is 210 g/mol. The highest BCUT2D eigenvalue weighted by atomic mass is 16.3. The van der Waals surface area contributed by atoms with Gasteiger partial charge in [-0.2, -0.15) is 0 Å². The first kappa shape index (κ1) is 12.6. The van der Waals surface area contributed by atoms with E-state index in [1.54, 1.807) is 0 Å². The number of aryl methyl sites for hydroxylation is 1. The van der Waals surface area contributed by atoms with Crippen molar-refractivity contribution in [1.82, 2.24) is 5.32 Å². The van der Waals surface area contributed by atoms with Gasteiger partial charge in [0.15, 0.2) is 0 Å². The summed E-state index contributed by atoms with van der Waals surface area (Å²) in [5, 5.41) is 13.1. The van der Waals surface area contributed by atoms with Gasteiger partial charge < -0.3 is 10.4 Å². The Labute approximate surface area is 104 Å². The number of benzene rings is 1. The normalized spacial score (nSPS) is 20.9. The topological polar surface area (TPSA) is 32.3 Å². The lowest BCUT2D eigenvalue weighted by molar-refractivity contribution is 0.158. The molecule has 94 valence electrons. The summed E-state index contributed by atoms with van der Waals surface area (Å²) in [5.41, 5.74) is 3.01. The highest BCUT2D eigenvalue weighted by Crippen LogP contribution is 2.20. The molecule has 2 rings (SSSR count). The summed E-state index contributed by atoms with van der Waals surface area (Å²) in [6.07, 6.45) is 5.13. The summed E-state index contributed by atoms with van der Waals surface area (Å²) in [7, 11) is 0. The molecule has 0 saturated heterocycles. The summed E-state index contributed by atoms with van der Waals surface area (Å²) in [5.74, 6) is 0. The Morgan fingerprint density at radius 3 is 2.88 bits per heavy atom. The van der Waals surface area contributed by atoms with Crippen LogP contribution in [0.4, 0.5) is 0 Å². The number of hydrogen-bond donors (Lipinski definition) is 2. The lowest BCUT2D eigenvalue weighted by Crippen LogP contribution is -2.36. The molecule has 0 fully saturated rings. The van der Waals surface area contributed by atoms with Crippen LogP contribution in [0.15, 0.2) is 24.3 Å². The Bertz CT molecular complexity index is 351. The van der Waals surface area contributed by atoms with E-state index < -0.39 is 0 Å². The smallest absolute Gasteiger partial charge is 0.0549 e. The van der Waals surface area contributed by atoms with Crippen molar-refractivity contribution in [3.63, 3.8) is 0 Å². The molecule has 0 aromatic heterocycles. The van der Waals surface area contributed by atoms with E-state index in [9.17, 15) is 5.11 Å². The number of aliphatic hydroxyl groups is 1. The fourth-order valence-electron chi connectivity index (χ4n) is 2.53. The molecule has 2 N–H and O–H groups in total. The predicted molar refractivity (Wildman–Crippen MR) is 71.2 cm³/mol. The zero-order valence-electron chi connectivity index (χ0n) is 10.7. The second-order valence-corrected chi connectivity index (χ2v) is 5.01. The summed E-state index contributed by atoms with van der Waals surface area (Å²) < 4.78 is 0. The minimum atomic E-state index is -0.140. The van der Waals surface area contributed by atoms with Crippen LogP contribution in [0.5, 0.6) is 0 Å². The summed E-state index contributed by atoms with van der Waals surface area (Å²) in [6, 6.07) is 9.33. The Balaban J connectivity index is 1.78. The monoisotopic (exact) mass is 233 g/mol. The highest BCUT2D eigenvalue weighted by molar-refractivity contribution is 5.30. The Morgan fingerprint density at radius 1 is 1.35 bits per heavy atom. The molecule has 2 atom stereocenters. The van der Waals surface area contributed by atoms with Gasteiger partial charge in [-0.05, 0) is 49.8 Å². The molecule has 0 spiro atoms. The van der Waals surface area contributed by atoms with Gasteiger partial charge in [0.05, 0.1) is 6.10 Å². The van der Waals surface area contributed by atoms with Gasteiger partial charge in [0.1, 0.15) is 0 Å². The maximum atomic E-state index is 9.51. The van der Waals surface area contributed by atoms with E-state index >= 15 is 0 Å². The minimum Gasteiger partial charge on any atom is -0.393 e. The van der Waals surface area contributed by atoms with Crippen molar-refractivity contribution in [2.24, 2.45) is 0 Å². The molecule has 0 bridgehead atoms. The standard InChI is InChI=1S/C15H23NO/c1-2-15(17)9-10-16-14-8-7-12-5-3-4-6-13(12)11-14/h3-6,14-17H,2,7-11H2,1H3. The van der Waals surface area contributed by atoms with Crippen LogP contribution in [0.2, 0.25) is 0 Å². The highest BCUT2D eigenvalue weighted by Gasteiger charge is 2.17. The Kier molecular flexibility index (Phi) is 4.57. The summed E-state index contributed by atoms with van der Waals surface area (Å²) in [4.78, 5) is 0. The second kappa shape index (κ2) is 6.18. The fraction of sp³-hybridized carbons (Fsp3) is 0.600. The van der Waals surface area contributed by atoms with E-state index in [0.717, 1.165) is 25.8 Å². The molecule has 2 heteroatoms. The van der Waals surface area contributed by atoms with E-state index in [2.05, 4.69) is 29.6 Å². The molecule has 1 aromatic rings. The van der Waals surface area contributed by atoms with E-state index in [0.29, 0.717) is 6.04 Å². The lowest BCUT2D eigenvalue weighted by atomic mass is 9.88. The lowest BCUT2D eigenvalue weighted by Gasteiger charge is -2.26. The quantitative estimate of drug-likeness (QED) is 0.818. The van der Waals surface area contributed by atoms with E-state index in [1.807, 2.05) is 6.92 Å². The number of aliphatic hydroxyl groups excluding tert-OH is 1. The molecule has 1 aliphatic carbocycles. The molecular formula is C15H23NO. The maximum absolute atomic E-state index is 9.51. The van der Waals surface area contributed by atoms with Gasteiger partial charge >= 0.3 is 0 Å². The van der Waals surface area contributed by atoms with Gasteiger partial charge in [-0.1, -0.05) is 31.2 Å². The molecule has 0 amide bonds. The summed E-state index contributed by atoms with van der Waals surface area (Å²) >= 11 is 0. The molecule has 2 unspecified atom stereocenters. The van der Waals surface area contributed by atoms with Crippen molar-refractivity contribution in [3.8, 4) is 0 Å². The zero-order valence-corrected chi connectivity index (χ0v) is 10.7. The first-order valence-electron chi connectivity index (χ1n) is 6.77. The Hall–Kier alpha value is -0.860. The van der Waals surface area contributed by atoms with Crippen molar-refractivity contribution in [3.05, 3.63) is 35.4 Å².